The molecule has 8 heteroatoms. The van der Waals surface area contributed by atoms with Gasteiger partial charge in [-0.1, -0.05) is 17.7 Å². The van der Waals surface area contributed by atoms with Crippen molar-refractivity contribution in [3.05, 3.63) is 99.8 Å². The van der Waals surface area contributed by atoms with Gasteiger partial charge in [-0.2, -0.15) is 0 Å². The van der Waals surface area contributed by atoms with Gasteiger partial charge in [0.25, 0.3) is 5.69 Å². The zero-order valence-corrected chi connectivity index (χ0v) is 17.2. The largest absolute Gasteiger partial charge is 0.455 e. The molecular weight excluding hydrogens is 430 g/mol. The van der Waals surface area contributed by atoms with Crippen LogP contribution >= 0.6 is 11.6 Å². The lowest BCUT2D eigenvalue weighted by Gasteiger charge is -1.98. The first-order valence-corrected chi connectivity index (χ1v) is 9.98. The highest BCUT2D eigenvalue weighted by molar-refractivity contribution is 6.31. The molecule has 7 nitrogen and oxygen atoms in total. The second-order valence-electron chi connectivity index (χ2n) is 6.95. The van der Waals surface area contributed by atoms with Crippen molar-refractivity contribution in [2.45, 2.75) is 0 Å². The number of furan rings is 1. The average Bonchev–Trinajstić information content (AvgIpc) is 3.45. The molecule has 3 aromatic carbocycles. The van der Waals surface area contributed by atoms with Crippen LogP contribution in [-0.2, 0) is 0 Å². The van der Waals surface area contributed by atoms with E-state index in [1.165, 1.54) is 12.1 Å². The predicted molar refractivity (Wildman–Crippen MR) is 123 cm³/mol. The summed E-state index contributed by atoms with van der Waals surface area (Å²) in [7, 11) is 0. The second-order valence-corrected chi connectivity index (χ2v) is 7.38. The monoisotopic (exact) mass is 443 g/mol. The Morgan fingerprint density at radius 2 is 1.78 bits per heavy atom. The zero-order chi connectivity index (χ0) is 22.1. The number of rotatable bonds is 5. The standard InChI is InChI=1S/C24H14ClN3O4/c25-17-6-10-23-21(13-17)27-24(32-23)16-2-1-3-18(12-16)26-14-20-9-11-22(31-20)15-4-7-19(8-5-15)28(29)30/h1-14H. The normalized spacial score (nSPS) is 11.4. The van der Waals surface area contributed by atoms with Gasteiger partial charge in [-0.15, -0.1) is 0 Å². The summed E-state index contributed by atoms with van der Waals surface area (Å²) in [6.45, 7) is 0. The number of oxazole rings is 1. The van der Waals surface area contributed by atoms with E-state index in [0.717, 1.165) is 11.1 Å². The van der Waals surface area contributed by atoms with Crippen LogP contribution in [0.15, 0.2) is 92.7 Å². The lowest BCUT2D eigenvalue weighted by molar-refractivity contribution is -0.384. The fourth-order valence-corrected chi connectivity index (χ4v) is 3.37. The topological polar surface area (TPSA) is 94.7 Å². The number of fused-ring (bicyclic) bond motifs is 1. The molecule has 2 aromatic heterocycles. The molecule has 5 rings (SSSR count). The van der Waals surface area contributed by atoms with Crippen molar-refractivity contribution in [1.82, 2.24) is 4.98 Å². The number of aliphatic imine (C=N–C) groups is 1. The van der Waals surface area contributed by atoms with Crippen LogP contribution in [0.2, 0.25) is 5.02 Å². The van der Waals surface area contributed by atoms with Crippen LogP contribution in [0.1, 0.15) is 5.76 Å². The maximum atomic E-state index is 10.8. The number of nitrogens with zero attached hydrogens (tertiary/aromatic N) is 3. The summed E-state index contributed by atoms with van der Waals surface area (Å²) in [6.07, 6.45) is 1.61. The van der Waals surface area contributed by atoms with Crippen LogP contribution in [0.5, 0.6) is 0 Å². The molecule has 0 aliphatic heterocycles. The van der Waals surface area contributed by atoms with E-state index in [9.17, 15) is 10.1 Å². The van der Waals surface area contributed by atoms with Crippen LogP contribution in [0, 0.1) is 10.1 Å². The van der Waals surface area contributed by atoms with Gasteiger partial charge < -0.3 is 8.83 Å². The molecule has 32 heavy (non-hydrogen) atoms. The summed E-state index contributed by atoms with van der Waals surface area (Å²) in [6, 6.07) is 22.5. The number of benzene rings is 3. The average molecular weight is 444 g/mol. The maximum Gasteiger partial charge on any atom is 0.269 e. The second kappa shape index (κ2) is 8.13. The fourth-order valence-electron chi connectivity index (χ4n) is 3.21. The number of hydrogen-bond acceptors (Lipinski definition) is 6. The summed E-state index contributed by atoms with van der Waals surface area (Å²) >= 11 is 6.02. The molecular formula is C24H14ClN3O4. The fraction of sp³-hybridized carbons (Fsp3) is 0. The minimum absolute atomic E-state index is 0.0315. The summed E-state index contributed by atoms with van der Waals surface area (Å²) in [5, 5.41) is 11.4. The van der Waals surface area contributed by atoms with Gasteiger partial charge in [-0.3, -0.25) is 15.1 Å². The van der Waals surface area contributed by atoms with Gasteiger partial charge in [0.05, 0.1) is 16.8 Å². The smallest absolute Gasteiger partial charge is 0.269 e. The molecule has 0 radical (unpaired) electrons. The SMILES string of the molecule is O=[N+]([O-])c1ccc(-c2ccc(C=Nc3cccc(-c4nc5cc(Cl)ccc5o4)c3)o2)cc1. The van der Waals surface area contributed by atoms with E-state index in [2.05, 4.69) is 9.98 Å². The number of non-ortho nitro benzene ring substituents is 1. The third-order valence-corrected chi connectivity index (χ3v) is 5.01. The van der Waals surface area contributed by atoms with E-state index in [0.29, 0.717) is 39.2 Å². The number of nitro benzene ring substituents is 1. The Morgan fingerprint density at radius 3 is 2.59 bits per heavy atom. The van der Waals surface area contributed by atoms with Crippen molar-refractivity contribution in [1.29, 1.82) is 0 Å². The van der Waals surface area contributed by atoms with Gasteiger partial charge in [0.1, 0.15) is 17.0 Å². The lowest BCUT2D eigenvalue weighted by atomic mass is 10.1. The number of nitro groups is 1. The van der Waals surface area contributed by atoms with Crippen molar-refractivity contribution < 1.29 is 13.8 Å². The van der Waals surface area contributed by atoms with Crippen molar-refractivity contribution >= 4 is 40.3 Å². The quantitative estimate of drug-likeness (QED) is 0.164. The van der Waals surface area contributed by atoms with Crippen molar-refractivity contribution in [2.75, 3.05) is 0 Å². The van der Waals surface area contributed by atoms with E-state index in [-0.39, 0.29) is 5.69 Å². The number of aromatic nitrogens is 1. The first kappa shape index (κ1) is 19.7. The molecule has 0 bridgehead atoms. The van der Waals surface area contributed by atoms with E-state index in [4.69, 9.17) is 20.4 Å². The molecule has 0 spiro atoms. The number of halogens is 1. The molecule has 156 valence electrons. The van der Waals surface area contributed by atoms with Gasteiger partial charge in [0, 0.05) is 28.3 Å². The van der Waals surface area contributed by atoms with Crippen LogP contribution < -0.4 is 0 Å². The Balaban J connectivity index is 1.36. The maximum absolute atomic E-state index is 10.8. The van der Waals surface area contributed by atoms with Crippen LogP contribution in [0.4, 0.5) is 11.4 Å². The Labute approximate surface area is 186 Å². The minimum Gasteiger partial charge on any atom is -0.455 e. The molecule has 0 fully saturated rings. The molecule has 0 amide bonds. The van der Waals surface area contributed by atoms with E-state index < -0.39 is 4.92 Å². The molecule has 0 saturated carbocycles. The van der Waals surface area contributed by atoms with Crippen molar-refractivity contribution in [3.63, 3.8) is 0 Å². The molecule has 0 saturated heterocycles. The molecule has 0 aliphatic rings. The number of hydrogen-bond donors (Lipinski definition) is 0. The van der Waals surface area contributed by atoms with Gasteiger partial charge in [-0.05, 0) is 60.7 Å². The first-order chi connectivity index (χ1) is 15.5. The summed E-state index contributed by atoms with van der Waals surface area (Å²) in [5.41, 5.74) is 3.62. The van der Waals surface area contributed by atoms with E-state index in [1.54, 1.807) is 48.7 Å². The molecule has 0 unspecified atom stereocenters. The first-order valence-electron chi connectivity index (χ1n) is 9.60. The summed E-state index contributed by atoms with van der Waals surface area (Å²) in [4.78, 5) is 19.3. The van der Waals surface area contributed by atoms with Crippen molar-refractivity contribution in [2.24, 2.45) is 4.99 Å². The van der Waals surface area contributed by atoms with Gasteiger partial charge in [0.2, 0.25) is 5.89 Å². The van der Waals surface area contributed by atoms with Gasteiger partial charge in [0.15, 0.2) is 5.58 Å². The highest BCUT2D eigenvalue weighted by Gasteiger charge is 2.10. The third-order valence-electron chi connectivity index (χ3n) is 4.77. The van der Waals surface area contributed by atoms with Crippen LogP contribution in [-0.4, -0.2) is 16.1 Å². The van der Waals surface area contributed by atoms with Crippen molar-refractivity contribution in [3.8, 4) is 22.8 Å². The molecule has 2 heterocycles. The predicted octanol–water partition coefficient (Wildman–Crippen LogP) is 7.07. The summed E-state index contributed by atoms with van der Waals surface area (Å²) in [5.74, 6) is 1.64. The Kier molecular flexibility index (Phi) is 5.01. The molecule has 0 aliphatic carbocycles. The highest BCUT2D eigenvalue weighted by Crippen LogP contribution is 2.29. The minimum atomic E-state index is -0.436. The van der Waals surface area contributed by atoms with Gasteiger partial charge in [-0.25, -0.2) is 4.98 Å². The van der Waals surface area contributed by atoms with Crippen LogP contribution in [0.3, 0.4) is 0 Å². The van der Waals surface area contributed by atoms with Crippen LogP contribution in [0.25, 0.3) is 33.9 Å². The molecule has 5 aromatic rings. The lowest BCUT2D eigenvalue weighted by Crippen LogP contribution is -1.86. The van der Waals surface area contributed by atoms with E-state index >= 15 is 0 Å². The van der Waals surface area contributed by atoms with Gasteiger partial charge >= 0.3 is 0 Å². The zero-order valence-electron chi connectivity index (χ0n) is 16.4. The summed E-state index contributed by atoms with van der Waals surface area (Å²) < 4.78 is 11.6. The Morgan fingerprint density at radius 1 is 0.938 bits per heavy atom. The Hall–Kier alpha value is -4.23. The third kappa shape index (κ3) is 4.01. The molecule has 0 N–H and O–H groups in total. The Bertz CT molecular complexity index is 1470. The van der Waals surface area contributed by atoms with E-state index in [1.807, 2.05) is 24.3 Å². The highest BCUT2D eigenvalue weighted by atomic mass is 35.5. The molecule has 0 atom stereocenters.